The van der Waals surface area contributed by atoms with Crippen LogP contribution in [0.4, 0.5) is 10.1 Å². The maximum atomic E-state index is 13.4. The molecule has 19 heavy (non-hydrogen) atoms. The van der Waals surface area contributed by atoms with Gasteiger partial charge in [-0.25, -0.2) is 14.4 Å². The van der Waals surface area contributed by atoms with Gasteiger partial charge in [0.25, 0.3) is 10.0 Å². The van der Waals surface area contributed by atoms with Crippen molar-refractivity contribution in [2.24, 2.45) is 0 Å². The summed E-state index contributed by atoms with van der Waals surface area (Å²) in [5.41, 5.74) is 0.107. The molecule has 1 N–H and O–H groups in total. The molecule has 2 aromatic heterocycles. The zero-order chi connectivity index (χ0) is 13.9. The van der Waals surface area contributed by atoms with Crippen LogP contribution in [0.1, 0.15) is 0 Å². The van der Waals surface area contributed by atoms with Crippen LogP contribution in [0.25, 0.3) is 0 Å². The molecule has 0 saturated carbocycles. The van der Waals surface area contributed by atoms with Gasteiger partial charge >= 0.3 is 0 Å². The van der Waals surface area contributed by atoms with Crippen LogP contribution >= 0.6 is 0 Å². The average molecular weight is 283 g/mol. The summed E-state index contributed by atoms with van der Waals surface area (Å²) in [4.78, 5) is 7.35. The molecule has 8 heteroatoms. The van der Waals surface area contributed by atoms with Crippen molar-refractivity contribution in [2.75, 3.05) is 11.8 Å². The van der Waals surface area contributed by atoms with E-state index in [2.05, 4.69) is 14.7 Å². The van der Waals surface area contributed by atoms with E-state index in [-0.39, 0.29) is 11.6 Å². The predicted molar refractivity (Wildman–Crippen MR) is 65.8 cm³/mol. The van der Waals surface area contributed by atoms with Gasteiger partial charge in [-0.3, -0.25) is 4.72 Å². The second-order valence-electron chi connectivity index (χ2n) is 3.46. The number of aromatic nitrogens is 2. The average Bonchev–Trinajstić information content (AvgIpc) is 2.39. The molecule has 0 aromatic carbocycles. The maximum absolute atomic E-state index is 13.4. The molecular formula is C11H10FN3O3S. The van der Waals surface area contributed by atoms with Crippen LogP contribution < -0.4 is 9.46 Å². The van der Waals surface area contributed by atoms with Crippen LogP contribution in [-0.4, -0.2) is 25.5 Å². The van der Waals surface area contributed by atoms with E-state index in [1.807, 2.05) is 0 Å². The van der Waals surface area contributed by atoms with Crippen LogP contribution in [0.5, 0.6) is 5.88 Å². The van der Waals surface area contributed by atoms with Gasteiger partial charge in [0.05, 0.1) is 7.11 Å². The number of sulfonamides is 1. The molecule has 0 saturated heterocycles. The Balaban J connectivity index is 2.40. The minimum absolute atomic E-state index is 0.0856. The molecule has 0 unspecified atom stereocenters. The second kappa shape index (κ2) is 5.19. The molecule has 0 bridgehead atoms. The molecule has 0 spiro atoms. The highest BCUT2D eigenvalue weighted by Gasteiger charge is 2.22. The highest BCUT2D eigenvalue weighted by Crippen LogP contribution is 2.23. The third-order valence-electron chi connectivity index (χ3n) is 2.19. The Hall–Kier alpha value is -2.22. The Morgan fingerprint density at radius 1 is 1.21 bits per heavy atom. The largest absolute Gasteiger partial charge is 0.480 e. The number of rotatable bonds is 4. The Bertz CT molecular complexity index is 691. The topological polar surface area (TPSA) is 81.2 Å². The van der Waals surface area contributed by atoms with Gasteiger partial charge in [0.1, 0.15) is 5.69 Å². The first-order valence-electron chi connectivity index (χ1n) is 5.17. The number of methoxy groups -OCH3 is 1. The van der Waals surface area contributed by atoms with Crippen molar-refractivity contribution in [3.63, 3.8) is 0 Å². The standard InChI is InChI=1S/C11H10FN3O3S/c1-18-10-9(5-3-6-13-10)15-19(16,17)11-8(12)4-2-7-14-11/h2-7,15H,1H3. The molecule has 0 fully saturated rings. The number of nitrogens with zero attached hydrogens (tertiary/aromatic N) is 2. The van der Waals surface area contributed by atoms with Gasteiger partial charge in [-0.05, 0) is 24.3 Å². The molecule has 0 aliphatic rings. The maximum Gasteiger partial charge on any atom is 0.282 e. The van der Waals surface area contributed by atoms with E-state index < -0.39 is 20.9 Å². The summed E-state index contributed by atoms with van der Waals surface area (Å²) < 4.78 is 44.5. The van der Waals surface area contributed by atoms with E-state index in [1.165, 1.54) is 37.7 Å². The second-order valence-corrected chi connectivity index (χ2v) is 5.05. The van der Waals surface area contributed by atoms with Gasteiger partial charge in [-0.15, -0.1) is 0 Å². The van der Waals surface area contributed by atoms with E-state index in [0.29, 0.717) is 0 Å². The highest BCUT2D eigenvalue weighted by atomic mass is 32.2. The lowest BCUT2D eigenvalue weighted by Crippen LogP contribution is -2.16. The SMILES string of the molecule is COc1ncccc1NS(=O)(=O)c1ncccc1F. The Morgan fingerprint density at radius 3 is 2.58 bits per heavy atom. The van der Waals surface area contributed by atoms with Crippen LogP contribution in [0.2, 0.25) is 0 Å². The molecule has 0 aliphatic carbocycles. The zero-order valence-corrected chi connectivity index (χ0v) is 10.7. The van der Waals surface area contributed by atoms with Gasteiger partial charge in [-0.2, -0.15) is 8.42 Å². The van der Waals surface area contributed by atoms with E-state index in [0.717, 1.165) is 6.07 Å². The molecule has 0 radical (unpaired) electrons. The molecular weight excluding hydrogens is 273 g/mol. The van der Waals surface area contributed by atoms with Gasteiger partial charge in [0.2, 0.25) is 10.9 Å². The molecule has 6 nitrogen and oxygen atoms in total. The first-order valence-corrected chi connectivity index (χ1v) is 6.65. The highest BCUT2D eigenvalue weighted by molar-refractivity contribution is 7.92. The van der Waals surface area contributed by atoms with Crippen LogP contribution in [-0.2, 0) is 10.0 Å². The minimum Gasteiger partial charge on any atom is -0.480 e. The van der Waals surface area contributed by atoms with E-state index in [4.69, 9.17) is 4.74 Å². The van der Waals surface area contributed by atoms with Crippen molar-refractivity contribution in [3.8, 4) is 5.88 Å². The molecule has 2 heterocycles. The zero-order valence-electron chi connectivity index (χ0n) is 9.87. The summed E-state index contributed by atoms with van der Waals surface area (Å²) in [6.45, 7) is 0. The Labute approximate surface area is 109 Å². The summed E-state index contributed by atoms with van der Waals surface area (Å²) in [5.74, 6) is -0.847. The summed E-state index contributed by atoms with van der Waals surface area (Å²) in [6.07, 6.45) is 2.64. The number of anilines is 1. The monoisotopic (exact) mass is 283 g/mol. The normalized spacial score (nSPS) is 11.1. The molecule has 100 valence electrons. The summed E-state index contributed by atoms with van der Waals surface area (Å²) >= 11 is 0. The van der Waals surface area contributed by atoms with Crippen molar-refractivity contribution in [1.29, 1.82) is 0 Å². The van der Waals surface area contributed by atoms with Crippen molar-refractivity contribution in [3.05, 3.63) is 42.5 Å². The molecule has 0 amide bonds. The summed E-state index contributed by atoms with van der Waals surface area (Å²) in [6, 6.07) is 5.29. The molecule has 2 aromatic rings. The number of pyridine rings is 2. The van der Waals surface area contributed by atoms with Crippen LogP contribution in [0.15, 0.2) is 41.7 Å². The first kappa shape index (κ1) is 13.2. The van der Waals surface area contributed by atoms with Crippen LogP contribution in [0, 0.1) is 5.82 Å². The molecule has 2 rings (SSSR count). The van der Waals surface area contributed by atoms with Crippen LogP contribution in [0.3, 0.4) is 0 Å². The molecule has 0 aliphatic heterocycles. The number of hydrogen-bond acceptors (Lipinski definition) is 5. The van der Waals surface area contributed by atoms with E-state index in [9.17, 15) is 12.8 Å². The quantitative estimate of drug-likeness (QED) is 0.918. The van der Waals surface area contributed by atoms with Gasteiger partial charge in [0, 0.05) is 12.4 Å². The number of ether oxygens (including phenoxy) is 1. The number of hydrogen-bond donors (Lipinski definition) is 1. The number of nitrogens with one attached hydrogen (secondary N) is 1. The van der Waals surface area contributed by atoms with Crippen molar-refractivity contribution in [1.82, 2.24) is 9.97 Å². The first-order chi connectivity index (χ1) is 9.04. The van der Waals surface area contributed by atoms with Crippen molar-refractivity contribution < 1.29 is 17.5 Å². The van der Waals surface area contributed by atoms with Gasteiger partial charge in [-0.1, -0.05) is 0 Å². The van der Waals surface area contributed by atoms with E-state index in [1.54, 1.807) is 0 Å². The summed E-state index contributed by atoms with van der Waals surface area (Å²) in [5, 5.41) is -0.680. The number of halogens is 1. The predicted octanol–water partition coefficient (Wildman–Crippen LogP) is 1.43. The lowest BCUT2D eigenvalue weighted by Gasteiger charge is -2.10. The Morgan fingerprint density at radius 2 is 1.89 bits per heavy atom. The van der Waals surface area contributed by atoms with Crippen molar-refractivity contribution in [2.45, 2.75) is 5.03 Å². The fourth-order valence-corrected chi connectivity index (χ4v) is 2.46. The third kappa shape index (κ3) is 2.79. The summed E-state index contributed by atoms with van der Waals surface area (Å²) in [7, 11) is -2.78. The smallest absolute Gasteiger partial charge is 0.282 e. The lowest BCUT2D eigenvalue weighted by atomic mass is 10.4. The van der Waals surface area contributed by atoms with Gasteiger partial charge in [0.15, 0.2) is 5.82 Å². The van der Waals surface area contributed by atoms with Gasteiger partial charge < -0.3 is 4.74 Å². The molecule has 0 atom stereocenters. The minimum atomic E-state index is -4.13. The fourth-order valence-electron chi connectivity index (χ4n) is 1.39. The van der Waals surface area contributed by atoms with E-state index >= 15 is 0 Å². The van der Waals surface area contributed by atoms with Crippen molar-refractivity contribution >= 4 is 15.7 Å². The third-order valence-corrected chi connectivity index (χ3v) is 3.49. The fraction of sp³-hybridized carbons (Fsp3) is 0.0909. The lowest BCUT2D eigenvalue weighted by molar-refractivity contribution is 0.400. The Kier molecular flexibility index (Phi) is 3.61.